The molecule has 0 aliphatic rings. The topological polar surface area (TPSA) is 40.8 Å². The lowest BCUT2D eigenvalue weighted by molar-refractivity contribution is 1.09. The van der Waals surface area contributed by atoms with Crippen LogP contribution >= 0.6 is 0 Å². The number of rotatable bonds is 4. The highest BCUT2D eigenvalue weighted by Crippen LogP contribution is 2.34. The van der Waals surface area contributed by atoms with Crippen LogP contribution in [0.1, 0.15) is 5.56 Å². The second kappa shape index (κ2) is 7.00. The van der Waals surface area contributed by atoms with Crippen molar-refractivity contribution in [2.75, 3.05) is 5.32 Å². The van der Waals surface area contributed by atoms with Crippen molar-refractivity contribution in [2.24, 2.45) is 0 Å². The molecule has 0 saturated heterocycles. The Morgan fingerprint density at radius 1 is 0.731 bits per heavy atom. The molecule has 4 rings (SSSR count). The summed E-state index contributed by atoms with van der Waals surface area (Å²) in [6.45, 7) is 0. The summed E-state index contributed by atoms with van der Waals surface area (Å²) < 4.78 is 2.16. The number of nitriles is 1. The highest BCUT2D eigenvalue weighted by atomic mass is 15.0. The van der Waals surface area contributed by atoms with Crippen LogP contribution in [0.3, 0.4) is 0 Å². The quantitative estimate of drug-likeness (QED) is 0.515. The lowest BCUT2D eigenvalue weighted by Crippen LogP contribution is -1.98. The Morgan fingerprint density at radius 2 is 1.38 bits per heavy atom. The Labute approximate surface area is 152 Å². The van der Waals surface area contributed by atoms with E-state index in [4.69, 9.17) is 5.26 Å². The number of hydrogen-bond acceptors (Lipinski definition) is 2. The van der Waals surface area contributed by atoms with Gasteiger partial charge in [0.1, 0.15) is 0 Å². The first-order chi connectivity index (χ1) is 12.8. The first-order valence-electron chi connectivity index (χ1n) is 8.44. The van der Waals surface area contributed by atoms with Gasteiger partial charge in [0.05, 0.1) is 23.0 Å². The molecule has 124 valence electrons. The number of hydrogen-bond donors (Lipinski definition) is 1. The molecule has 1 aromatic heterocycles. The van der Waals surface area contributed by atoms with Crippen LogP contribution in [0.25, 0.3) is 16.9 Å². The van der Waals surface area contributed by atoms with E-state index < -0.39 is 0 Å². The second-order valence-electron chi connectivity index (χ2n) is 5.96. The Hall–Kier alpha value is -3.77. The SMILES string of the molecule is N#Cc1ccc(-c2c(Nc3ccccc3)ccn2-c2ccccc2)cc1. The third kappa shape index (κ3) is 3.09. The molecule has 0 fully saturated rings. The van der Waals surface area contributed by atoms with E-state index in [-0.39, 0.29) is 0 Å². The smallest absolute Gasteiger partial charge is 0.0991 e. The molecule has 1 N–H and O–H groups in total. The normalized spacial score (nSPS) is 10.3. The van der Waals surface area contributed by atoms with Crippen molar-refractivity contribution in [1.82, 2.24) is 4.57 Å². The summed E-state index contributed by atoms with van der Waals surface area (Å²) in [4.78, 5) is 0. The fourth-order valence-electron chi connectivity index (χ4n) is 3.01. The molecule has 1 heterocycles. The summed E-state index contributed by atoms with van der Waals surface area (Å²) in [7, 11) is 0. The predicted molar refractivity (Wildman–Crippen MR) is 106 cm³/mol. The van der Waals surface area contributed by atoms with E-state index >= 15 is 0 Å². The molecule has 0 amide bonds. The largest absolute Gasteiger partial charge is 0.354 e. The standard InChI is InChI=1S/C23H17N3/c24-17-18-11-13-19(14-12-18)23-22(25-20-7-3-1-4-8-20)15-16-26(23)21-9-5-2-6-10-21/h1-16,25H. The highest BCUT2D eigenvalue weighted by Gasteiger charge is 2.13. The number of aromatic nitrogens is 1. The van der Waals surface area contributed by atoms with Crippen molar-refractivity contribution in [1.29, 1.82) is 5.26 Å². The third-order valence-corrected chi connectivity index (χ3v) is 4.26. The number of nitrogens with zero attached hydrogens (tertiary/aromatic N) is 2. The molecule has 0 bridgehead atoms. The van der Waals surface area contributed by atoms with Gasteiger partial charge in [-0.25, -0.2) is 0 Å². The van der Waals surface area contributed by atoms with E-state index in [1.165, 1.54) is 0 Å². The van der Waals surface area contributed by atoms with E-state index in [1.54, 1.807) is 0 Å². The van der Waals surface area contributed by atoms with Crippen LogP contribution in [0, 0.1) is 11.3 Å². The van der Waals surface area contributed by atoms with E-state index in [9.17, 15) is 0 Å². The van der Waals surface area contributed by atoms with Crippen LogP contribution in [0.15, 0.2) is 97.2 Å². The summed E-state index contributed by atoms with van der Waals surface area (Å²) >= 11 is 0. The minimum absolute atomic E-state index is 0.657. The maximum Gasteiger partial charge on any atom is 0.0991 e. The van der Waals surface area contributed by atoms with Crippen LogP contribution in [0.2, 0.25) is 0 Å². The fourth-order valence-corrected chi connectivity index (χ4v) is 3.01. The Bertz CT molecular complexity index is 1040. The van der Waals surface area contributed by atoms with E-state index in [1.807, 2.05) is 72.8 Å². The minimum atomic E-state index is 0.657. The number of nitrogens with one attached hydrogen (secondary N) is 1. The Morgan fingerprint density at radius 3 is 2.04 bits per heavy atom. The van der Waals surface area contributed by atoms with Crippen molar-refractivity contribution < 1.29 is 0 Å². The highest BCUT2D eigenvalue weighted by molar-refractivity contribution is 5.81. The first kappa shape index (κ1) is 15.7. The van der Waals surface area contributed by atoms with Gasteiger partial charge in [-0.3, -0.25) is 0 Å². The van der Waals surface area contributed by atoms with Crippen molar-refractivity contribution >= 4 is 11.4 Å². The Balaban J connectivity index is 1.84. The van der Waals surface area contributed by atoms with Gasteiger partial charge in [-0.05, 0) is 42.5 Å². The van der Waals surface area contributed by atoms with Gasteiger partial charge in [0, 0.05) is 23.1 Å². The molecule has 0 saturated carbocycles. The van der Waals surface area contributed by atoms with Gasteiger partial charge in [0.25, 0.3) is 0 Å². The van der Waals surface area contributed by atoms with Gasteiger partial charge in [0.2, 0.25) is 0 Å². The van der Waals surface area contributed by atoms with Gasteiger partial charge in [-0.1, -0.05) is 48.5 Å². The Kier molecular flexibility index (Phi) is 4.24. The lowest BCUT2D eigenvalue weighted by atomic mass is 10.1. The average Bonchev–Trinajstić information content (AvgIpc) is 3.13. The third-order valence-electron chi connectivity index (χ3n) is 4.26. The van der Waals surface area contributed by atoms with Gasteiger partial charge >= 0.3 is 0 Å². The zero-order chi connectivity index (χ0) is 17.8. The van der Waals surface area contributed by atoms with Crippen molar-refractivity contribution in [3.8, 4) is 23.0 Å². The second-order valence-corrected chi connectivity index (χ2v) is 5.96. The van der Waals surface area contributed by atoms with E-state index in [2.05, 4.69) is 40.3 Å². The predicted octanol–water partition coefficient (Wildman–Crippen LogP) is 5.76. The molecular formula is C23H17N3. The van der Waals surface area contributed by atoms with Crippen LogP contribution in [0.4, 0.5) is 11.4 Å². The van der Waals surface area contributed by atoms with Crippen LogP contribution in [-0.4, -0.2) is 4.57 Å². The van der Waals surface area contributed by atoms with Crippen molar-refractivity contribution in [3.63, 3.8) is 0 Å². The summed E-state index contributed by atoms with van der Waals surface area (Å²) in [5.74, 6) is 0. The lowest BCUT2D eigenvalue weighted by Gasteiger charge is -2.13. The summed E-state index contributed by atoms with van der Waals surface area (Å²) in [5.41, 5.74) is 5.91. The molecule has 3 aromatic carbocycles. The maximum absolute atomic E-state index is 9.07. The molecule has 0 aliphatic carbocycles. The minimum Gasteiger partial charge on any atom is -0.354 e. The molecule has 3 heteroatoms. The fraction of sp³-hybridized carbons (Fsp3) is 0. The number of anilines is 2. The van der Waals surface area contributed by atoms with Crippen LogP contribution in [-0.2, 0) is 0 Å². The molecule has 0 unspecified atom stereocenters. The van der Waals surface area contributed by atoms with Gasteiger partial charge in [0.15, 0.2) is 0 Å². The summed E-state index contributed by atoms with van der Waals surface area (Å²) in [6.07, 6.45) is 2.06. The molecule has 0 radical (unpaired) electrons. The molecule has 0 aliphatic heterocycles. The molecular weight excluding hydrogens is 318 g/mol. The number of para-hydroxylation sites is 2. The molecule has 26 heavy (non-hydrogen) atoms. The van der Waals surface area contributed by atoms with E-state index in [0.717, 1.165) is 28.3 Å². The van der Waals surface area contributed by atoms with Crippen molar-refractivity contribution in [3.05, 3.63) is 103 Å². The van der Waals surface area contributed by atoms with Gasteiger partial charge in [-0.15, -0.1) is 0 Å². The summed E-state index contributed by atoms with van der Waals surface area (Å²) in [5, 5.41) is 12.6. The zero-order valence-corrected chi connectivity index (χ0v) is 14.1. The van der Waals surface area contributed by atoms with Gasteiger partial charge in [-0.2, -0.15) is 5.26 Å². The average molecular weight is 335 g/mol. The molecule has 3 nitrogen and oxygen atoms in total. The molecule has 0 atom stereocenters. The molecule has 4 aromatic rings. The zero-order valence-electron chi connectivity index (χ0n) is 14.1. The van der Waals surface area contributed by atoms with Crippen LogP contribution in [0.5, 0.6) is 0 Å². The van der Waals surface area contributed by atoms with Crippen molar-refractivity contribution in [2.45, 2.75) is 0 Å². The maximum atomic E-state index is 9.07. The van der Waals surface area contributed by atoms with E-state index in [0.29, 0.717) is 5.56 Å². The number of benzene rings is 3. The first-order valence-corrected chi connectivity index (χ1v) is 8.44. The van der Waals surface area contributed by atoms with Crippen LogP contribution < -0.4 is 5.32 Å². The monoisotopic (exact) mass is 335 g/mol. The molecule has 0 spiro atoms. The van der Waals surface area contributed by atoms with Gasteiger partial charge < -0.3 is 9.88 Å². The summed E-state index contributed by atoms with van der Waals surface area (Å²) in [6, 6.07) is 32.3.